The van der Waals surface area contributed by atoms with Gasteiger partial charge in [0.1, 0.15) is 5.82 Å². The third-order valence-corrected chi connectivity index (χ3v) is 5.46. The summed E-state index contributed by atoms with van der Waals surface area (Å²) in [5, 5.41) is 11.7. The van der Waals surface area contributed by atoms with Gasteiger partial charge in [0.2, 0.25) is 0 Å². The molecule has 0 spiro atoms. The third kappa shape index (κ3) is 4.93. The molecule has 0 radical (unpaired) electrons. The van der Waals surface area contributed by atoms with Crippen molar-refractivity contribution in [3.05, 3.63) is 51.7 Å². The first-order valence-electron chi connectivity index (χ1n) is 9.03. The summed E-state index contributed by atoms with van der Waals surface area (Å²) in [5.41, 5.74) is 5.66. The summed E-state index contributed by atoms with van der Waals surface area (Å²) < 4.78 is 0. The van der Waals surface area contributed by atoms with Crippen LogP contribution in [-0.2, 0) is 6.54 Å². The van der Waals surface area contributed by atoms with E-state index >= 15 is 0 Å². The molecule has 2 heterocycles. The van der Waals surface area contributed by atoms with Gasteiger partial charge in [0.25, 0.3) is 0 Å². The van der Waals surface area contributed by atoms with Crippen molar-refractivity contribution in [1.29, 1.82) is 0 Å². The number of nitrogens with one attached hydrogen (secondary N) is 1. The van der Waals surface area contributed by atoms with Gasteiger partial charge in [0, 0.05) is 13.1 Å². The minimum Gasteiger partial charge on any atom is -0.368 e. The van der Waals surface area contributed by atoms with Crippen LogP contribution < -0.4 is 5.32 Å². The maximum absolute atomic E-state index is 5.77. The average Bonchev–Trinajstić information content (AvgIpc) is 2.60. The van der Waals surface area contributed by atoms with E-state index in [0.29, 0.717) is 11.1 Å². The molecule has 0 atom stereocenters. The number of likely N-dealkylation sites (tertiary alicyclic amines) is 1. The van der Waals surface area contributed by atoms with Crippen LogP contribution in [-0.4, -0.2) is 34.7 Å². The first-order chi connectivity index (χ1) is 12.0. The summed E-state index contributed by atoms with van der Waals surface area (Å²) in [6, 6.07) is 8.32. The lowest BCUT2D eigenvalue weighted by molar-refractivity contribution is 0.182. The van der Waals surface area contributed by atoms with E-state index in [1.54, 1.807) is 6.07 Å². The lowest BCUT2D eigenvalue weighted by atomic mass is 9.95. The van der Waals surface area contributed by atoms with Crippen LogP contribution in [0.4, 0.5) is 5.82 Å². The van der Waals surface area contributed by atoms with Crippen molar-refractivity contribution in [2.45, 2.75) is 40.2 Å². The van der Waals surface area contributed by atoms with Crippen LogP contribution in [0.15, 0.2) is 24.3 Å². The maximum Gasteiger partial charge on any atom is 0.151 e. The van der Waals surface area contributed by atoms with Crippen molar-refractivity contribution in [2.24, 2.45) is 5.92 Å². The van der Waals surface area contributed by atoms with Crippen LogP contribution in [0.1, 0.15) is 35.1 Å². The molecule has 1 aromatic heterocycles. The number of piperidine rings is 1. The fourth-order valence-electron chi connectivity index (χ4n) is 3.44. The van der Waals surface area contributed by atoms with Gasteiger partial charge in [-0.3, -0.25) is 4.90 Å². The van der Waals surface area contributed by atoms with E-state index in [0.717, 1.165) is 32.0 Å². The predicted octanol–water partition coefficient (Wildman–Crippen LogP) is 4.38. The second-order valence-corrected chi connectivity index (χ2v) is 7.59. The molecule has 1 aliphatic rings. The lowest BCUT2D eigenvalue weighted by Crippen LogP contribution is -2.35. The van der Waals surface area contributed by atoms with Gasteiger partial charge in [-0.1, -0.05) is 23.7 Å². The van der Waals surface area contributed by atoms with E-state index in [4.69, 9.17) is 11.6 Å². The second-order valence-electron chi connectivity index (χ2n) is 7.20. The van der Waals surface area contributed by atoms with Gasteiger partial charge >= 0.3 is 0 Å². The van der Waals surface area contributed by atoms with Crippen molar-refractivity contribution in [3.8, 4) is 0 Å². The molecule has 0 saturated carbocycles. The molecule has 1 N–H and O–H groups in total. The summed E-state index contributed by atoms with van der Waals surface area (Å²) >= 11 is 5.77. The molecule has 0 bridgehead atoms. The Kier molecular flexibility index (Phi) is 5.92. The number of benzene rings is 1. The third-order valence-electron chi connectivity index (χ3n) is 5.26. The summed E-state index contributed by atoms with van der Waals surface area (Å²) in [7, 11) is 0. The average molecular weight is 359 g/mol. The van der Waals surface area contributed by atoms with Crippen molar-refractivity contribution in [1.82, 2.24) is 15.1 Å². The Hall–Kier alpha value is -1.65. The molecule has 5 heteroatoms. The monoisotopic (exact) mass is 358 g/mol. The smallest absolute Gasteiger partial charge is 0.151 e. The summed E-state index contributed by atoms with van der Waals surface area (Å²) in [6.45, 7) is 11.0. The molecule has 0 unspecified atom stereocenters. The highest BCUT2D eigenvalue weighted by molar-refractivity contribution is 6.29. The number of nitrogens with zero attached hydrogens (tertiary/aromatic N) is 3. The Morgan fingerprint density at radius 2 is 1.76 bits per heavy atom. The zero-order valence-corrected chi connectivity index (χ0v) is 16.1. The van der Waals surface area contributed by atoms with Gasteiger partial charge in [0.05, 0.1) is 0 Å². The Balaban J connectivity index is 1.47. The van der Waals surface area contributed by atoms with Crippen LogP contribution in [0.3, 0.4) is 0 Å². The predicted molar refractivity (Wildman–Crippen MR) is 104 cm³/mol. The van der Waals surface area contributed by atoms with Crippen molar-refractivity contribution < 1.29 is 0 Å². The fraction of sp³-hybridized carbons (Fsp3) is 0.500. The van der Waals surface area contributed by atoms with E-state index in [-0.39, 0.29) is 0 Å². The molecule has 2 aromatic rings. The fourth-order valence-corrected chi connectivity index (χ4v) is 3.54. The zero-order chi connectivity index (χ0) is 17.8. The van der Waals surface area contributed by atoms with E-state index in [1.807, 2.05) is 6.07 Å². The first-order valence-corrected chi connectivity index (χ1v) is 9.41. The number of hydrogen-bond acceptors (Lipinski definition) is 4. The molecule has 1 saturated heterocycles. The van der Waals surface area contributed by atoms with Gasteiger partial charge in [-0.15, -0.1) is 10.2 Å². The zero-order valence-electron chi connectivity index (χ0n) is 15.3. The van der Waals surface area contributed by atoms with Crippen LogP contribution in [0, 0.1) is 26.7 Å². The molecule has 134 valence electrons. The highest BCUT2D eigenvalue weighted by atomic mass is 35.5. The molecule has 1 aromatic carbocycles. The summed E-state index contributed by atoms with van der Waals surface area (Å²) in [4.78, 5) is 2.58. The largest absolute Gasteiger partial charge is 0.368 e. The molecule has 3 rings (SSSR count). The molecule has 4 nitrogen and oxygen atoms in total. The van der Waals surface area contributed by atoms with Gasteiger partial charge in [0.15, 0.2) is 5.15 Å². The highest BCUT2D eigenvalue weighted by Gasteiger charge is 2.20. The van der Waals surface area contributed by atoms with E-state index in [1.165, 1.54) is 35.1 Å². The van der Waals surface area contributed by atoms with E-state index < -0.39 is 0 Å². The molecule has 0 amide bonds. The molecule has 1 fully saturated rings. The normalized spacial score (nSPS) is 16.2. The van der Waals surface area contributed by atoms with Gasteiger partial charge in [-0.05, 0) is 87.0 Å². The number of halogens is 1. The van der Waals surface area contributed by atoms with Crippen molar-refractivity contribution >= 4 is 17.4 Å². The lowest BCUT2D eigenvalue weighted by Gasteiger charge is -2.32. The Morgan fingerprint density at radius 3 is 2.44 bits per heavy atom. The highest BCUT2D eigenvalue weighted by Crippen LogP contribution is 2.22. The van der Waals surface area contributed by atoms with Crippen molar-refractivity contribution in [3.63, 3.8) is 0 Å². The van der Waals surface area contributed by atoms with Gasteiger partial charge in [-0.2, -0.15) is 0 Å². The number of hydrogen-bond donors (Lipinski definition) is 1. The molecule has 25 heavy (non-hydrogen) atoms. The number of aryl methyl sites for hydroxylation is 3. The Labute approximate surface area is 155 Å². The van der Waals surface area contributed by atoms with Crippen molar-refractivity contribution in [2.75, 3.05) is 25.0 Å². The Bertz CT molecular complexity index is 706. The number of aromatic nitrogens is 2. The van der Waals surface area contributed by atoms with Crippen LogP contribution in [0.5, 0.6) is 0 Å². The number of rotatable bonds is 5. The maximum atomic E-state index is 5.77. The minimum atomic E-state index is 0.431. The quantitative estimate of drug-likeness (QED) is 0.861. The Morgan fingerprint density at radius 1 is 1.04 bits per heavy atom. The topological polar surface area (TPSA) is 41.0 Å². The summed E-state index contributed by atoms with van der Waals surface area (Å²) in [6.07, 6.45) is 2.44. The first kappa shape index (κ1) is 18.2. The summed E-state index contributed by atoms with van der Waals surface area (Å²) in [5.74, 6) is 1.49. The number of anilines is 1. The molecular formula is C20H27ClN4. The second kappa shape index (κ2) is 8.15. The SMILES string of the molecule is Cc1cc(C)c(CN2CCC(CNc3ccc(Cl)nn3)CC2)cc1C. The van der Waals surface area contributed by atoms with E-state index in [2.05, 4.69) is 53.3 Å². The van der Waals surface area contributed by atoms with Crippen LogP contribution >= 0.6 is 11.6 Å². The van der Waals surface area contributed by atoms with Crippen LogP contribution in [0.2, 0.25) is 5.15 Å². The minimum absolute atomic E-state index is 0.431. The molecule has 0 aliphatic carbocycles. The molecule has 1 aliphatic heterocycles. The standard InChI is InChI=1S/C20H27ClN4/c1-14-10-16(3)18(11-15(14)2)13-25-8-6-17(7-9-25)12-22-20-5-4-19(21)23-24-20/h4-5,10-11,17H,6-9,12-13H2,1-3H3,(H,22,24). The molecular weight excluding hydrogens is 332 g/mol. The van der Waals surface area contributed by atoms with Gasteiger partial charge < -0.3 is 5.32 Å². The van der Waals surface area contributed by atoms with E-state index in [9.17, 15) is 0 Å². The van der Waals surface area contributed by atoms with Crippen LogP contribution in [0.25, 0.3) is 0 Å². The van der Waals surface area contributed by atoms with Gasteiger partial charge in [-0.25, -0.2) is 0 Å².